The molecular weight excluding hydrogens is 278 g/mol. The lowest BCUT2D eigenvalue weighted by Gasteiger charge is -2.33. The lowest BCUT2D eigenvalue weighted by Crippen LogP contribution is -2.52. The third-order valence-corrected chi connectivity index (χ3v) is 4.39. The number of nitrogens with one attached hydrogen (secondary N) is 1. The number of aromatic amines is 1. The van der Waals surface area contributed by atoms with Crippen molar-refractivity contribution >= 4 is 23.1 Å². The van der Waals surface area contributed by atoms with Crippen LogP contribution in [-0.2, 0) is 22.1 Å². The van der Waals surface area contributed by atoms with Crippen molar-refractivity contribution in [2.45, 2.75) is 31.7 Å². The first kappa shape index (κ1) is 14.8. The van der Waals surface area contributed by atoms with Gasteiger partial charge in [-0.25, -0.2) is 14.3 Å². The summed E-state index contributed by atoms with van der Waals surface area (Å²) in [7, 11) is 2.03. The maximum Gasteiger partial charge on any atom is 0.330 e. The van der Waals surface area contributed by atoms with Gasteiger partial charge in [0.05, 0.1) is 13.7 Å². The molecule has 0 spiro atoms. The zero-order valence-corrected chi connectivity index (χ0v) is 13.1. The van der Waals surface area contributed by atoms with Crippen molar-refractivity contribution in [1.29, 1.82) is 0 Å². The van der Waals surface area contributed by atoms with Crippen molar-refractivity contribution in [2.24, 2.45) is 12.8 Å². The molecule has 0 radical (unpaired) electrons. The molecule has 0 atom stereocenters. The maximum atomic E-state index is 11.4. The summed E-state index contributed by atoms with van der Waals surface area (Å²) in [5.74, 6) is 0.748. The Kier molecular flexibility index (Phi) is 3.74. The topological polar surface area (TPSA) is 72.0 Å². The average Bonchev–Trinajstić information content (AvgIpc) is 2.80. The second kappa shape index (κ2) is 5.57. The molecule has 116 valence electrons. The van der Waals surface area contributed by atoms with Gasteiger partial charge >= 0.3 is 5.97 Å². The van der Waals surface area contributed by atoms with E-state index in [9.17, 15) is 4.79 Å². The van der Waals surface area contributed by atoms with Gasteiger partial charge in [0.25, 0.3) is 5.82 Å². The number of nitrogens with two attached hydrogens (primary N) is 1. The monoisotopic (exact) mass is 300 g/mol. The van der Waals surface area contributed by atoms with Crippen LogP contribution >= 0.6 is 0 Å². The van der Waals surface area contributed by atoms with Gasteiger partial charge in [-0.2, -0.15) is 0 Å². The van der Waals surface area contributed by atoms with E-state index in [0.717, 1.165) is 35.3 Å². The Bertz CT molecular complexity index is 742. The molecule has 2 aromatic rings. The van der Waals surface area contributed by atoms with Crippen molar-refractivity contribution in [2.75, 3.05) is 6.61 Å². The third kappa shape index (κ3) is 2.52. The normalized spacial score (nSPS) is 16.9. The Morgan fingerprint density at radius 3 is 2.91 bits per heavy atom. The molecule has 1 aromatic carbocycles. The number of hydrogen-bond donors (Lipinski definition) is 2. The molecule has 1 aliphatic rings. The van der Waals surface area contributed by atoms with Crippen LogP contribution in [0.15, 0.2) is 24.3 Å². The van der Waals surface area contributed by atoms with Crippen LogP contribution in [0.4, 0.5) is 0 Å². The zero-order valence-electron chi connectivity index (χ0n) is 13.1. The van der Waals surface area contributed by atoms with Gasteiger partial charge in [0, 0.05) is 6.08 Å². The number of imidazole rings is 1. The minimum atomic E-state index is -0.322. The van der Waals surface area contributed by atoms with Crippen LogP contribution < -0.4 is 10.3 Å². The number of fused-ring (bicyclic) bond motifs is 1. The number of aromatic nitrogens is 2. The number of nitrogens with zero attached hydrogens (tertiary/aromatic N) is 1. The van der Waals surface area contributed by atoms with Crippen LogP contribution in [0.1, 0.15) is 37.6 Å². The summed E-state index contributed by atoms with van der Waals surface area (Å²) in [5, 5.41) is 0. The van der Waals surface area contributed by atoms with Crippen molar-refractivity contribution in [3.8, 4) is 0 Å². The van der Waals surface area contributed by atoms with E-state index in [4.69, 9.17) is 10.5 Å². The molecule has 3 rings (SSSR count). The van der Waals surface area contributed by atoms with Crippen LogP contribution in [0.25, 0.3) is 17.1 Å². The van der Waals surface area contributed by atoms with Crippen LogP contribution in [0.3, 0.4) is 0 Å². The Hall–Kier alpha value is -2.14. The summed E-state index contributed by atoms with van der Waals surface area (Å²) < 4.78 is 7.01. The zero-order chi connectivity index (χ0) is 15.7. The maximum absolute atomic E-state index is 11.4. The molecule has 5 heteroatoms. The number of esters is 1. The van der Waals surface area contributed by atoms with E-state index in [0.29, 0.717) is 6.61 Å². The predicted molar refractivity (Wildman–Crippen MR) is 84.9 cm³/mol. The minimum Gasteiger partial charge on any atom is -0.463 e. The van der Waals surface area contributed by atoms with Crippen LogP contribution in [0.5, 0.6) is 0 Å². The molecule has 0 unspecified atom stereocenters. The van der Waals surface area contributed by atoms with E-state index in [-0.39, 0.29) is 11.5 Å². The molecule has 0 aliphatic heterocycles. The highest BCUT2D eigenvalue weighted by Crippen LogP contribution is 2.37. The Balaban J connectivity index is 1.93. The second-order valence-electron chi connectivity index (χ2n) is 5.90. The quantitative estimate of drug-likeness (QED) is 0.515. The number of ether oxygens (including phenoxy) is 1. The van der Waals surface area contributed by atoms with Gasteiger partial charge in [-0.1, -0.05) is 6.07 Å². The predicted octanol–water partition coefficient (Wildman–Crippen LogP) is 1.91. The van der Waals surface area contributed by atoms with Crippen molar-refractivity contribution in [3.05, 3.63) is 35.7 Å². The molecular formula is C17H22N3O2+. The fourth-order valence-electron chi connectivity index (χ4n) is 2.97. The highest BCUT2D eigenvalue weighted by atomic mass is 16.5. The molecule has 1 aromatic heterocycles. The van der Waals surface area contributed by atoms with E-state index in [1.807, 2.05) is 25.2 Å². The van der Waals surface area contributed by atoms with Gasteiger partial charge in [-0.15, -0.1) is 0 Å². The first-order valence-corrected chi connectivity index (χ1v) is 7.69. The lowest BCUT2D eigenvalue weighted by atomic mass is 9.77. The molecule has 1 fully saturated rings. The van der Waals surface area contributed by atoms with Crippen LogP contribution in [0.2, 0.25) is 0 Å². The summed E-state index contributed by atoms with van der Waals surface area (Å²) in [6, 6.07) is 6.04. The van der Waals surface area contributed by atoms with Gasteiger partial charge < -0.3 is 10.5 Å². The van der Waals surface area contributed by atoms with Gasteiger partial charge in [0.1, 0.15) is 5.54 Å². The van der Waals surface area contributed by atoms with Crippen molar-refractivity contribution < 1.29 is 14.1 Å². The van der Waals surface area contributed by atoms with Gasteiger partial charge in [0.2, 0.25) is 0 Å². The Morgan fingerprint density at radius 1 is 1.50 bits per heavy atom. The van der Waals surface area contributed by atoms with Crippen LogP contribution in [-0.4, -0.2) is 17.6 Å². The van der Waals surface area contributed by atoms with Gasteiger partial charge in [0.15, 0.2) is 11.0 Å². The van der Waals surface area contributed by atoms with E-state index in [2.05, 4.69) is 9.55 Å². The van der Waals surface area contributed by atoms with E-state index in [1.54, 1.807) is 13.0 Å². The number of aryl methyl sites for hydroxylation is 1. The SMILES string of the molecule is CCOC(=O)C=Cc1ccc2[nH]c(C3(N)CCC3)[n+](C)c2c1. The summed E-state index contributed by atoms with van der Waals surface area (Å²) >= 11 is 0. The van der Waals surface area contributed by atoms with Gasteiger partial charge in [-0.05, 0) is 50.0 Å². The largest absolute Gasteiger partial charge is 0.463 e. The fourth-order valence-corrected chi connectivity index (χ4v) is 2.97. The van der Waals surface area contributed by atoms with Crippen molar-refractivity contribution in [3.63, 3.8) is 0 Å². The minimum absolute atomic E-state index is 0.227. The third-order valence-electron chi connectivity index (χ3n) is 4.39. The summed E-state index contributed by atoms with van der Waals surface area (Å²) in [4.78, 5) is 14.8. The fraction of sp³-hybridized carbons (Fsp3) is 0.412. The lowest BCUT2D eigenvalue weighted by molar-refractivity contribution is -0.658. The van der Waals surface area contributed by atoms with Crippen molar-refractivity contribution in [1.82, 2.24) is 4.98 Å². The van der Waals surface area contributed by atoms with Gasteiger partial charge in [-0.3, -0.25) is 0 Å². The van der Waals surface area contributed by atoms with E-state index < -0.39 is 0 Å². The number of carbonyl (C=O) groups excluding carboxylic acids is 1. The smallest absolute Gasteiger partial charge is 0.330 e. The summed E-state index contributed by atoms with van der Waals surface area (Å²) in [6.07, 6.45) is 6.44. The summed E-state index contributed by atoms with van der Waals surface area (Å²) in [6.45, 7) is 2.18. The first-order chi connectivity index (χ1) is 10.5. The number of hydrogen-bond acceptors (Lipinski definition) is 3. The molecule has 22 heavy (non-hydrogen) atoms. The molecule has 1 heterocycles. The number of benzene rings is 1. The second-order valence-corrected chi connectivity index (χ2v) is 5.90. The molecule has 0 amide bonds. The molecule has 1 saturated carbocycles. The molecule has 1 aliphatic carbocycles. The molecule has 5 nitrogen and oxygen atoms in total. The highest BCUT2D eigenvalue weighted by molar-refractivity contribution is 5.88. The Labute approximate surface area is 129 Å². The highest BCUT2D eigenvalue weighted by Gasteiger charge is 2.43. The number of carbonyl (C=O) groups is 1. The molecule has 0 saturated heterocycles. The first-order valence-electron chi connectivity index (χ1n) is 7.69. The average molecular weight is 300 g/mol. The van der Waals surface area contributed by atoms with E-state index >= 15 is 0 Å². The number of H-pyrrole nitrogens is 1. The molecule has 0 bridgehead atoms. The Morgan fingerprint density at radius 2 is 2.27 bits per heavy atom. The van der Waals surface area contributed by atoms with Crippen LogP contribution in [0, 0.1) is 0 Å². The van der Waals surface area contributed by atoms with E-state index in [1.165, 1.54) is 12.5 Å². The summed E-state index contributed by atoms with van der Waals surface area (Å²) in [5.41, 5.74) is 9.30. The number of rotatable bonds is 4. The molecule has 3 N–H and O–H groups in total. The standard InChI is InChI=1S/C17H21N3O2/c1-3-22-15(21)8-6-12-5-7-13-14(11-12)20(2)16(19-13)17(18)9-4-10-17/h5-8,11H,3-4,9-10,18H2,1-2H3/p+1.